The van der Waals surface area contributed by atoms with E-state index in [0.29, 0.717) is 19.0 Å². The third kappa shape index (κ3) is 6.74. The van der Waals surface area contributed by atoms with Gasteiger partial charge in [-0.15, -0.1) is 0 Å². The fourth-order valence-corrected chi connectivity index (χ4v) is 2.35. The first-order valence-corrected chi connectivity index (χ1v) is 8.18. The topological polar surface area (TPSA) is 58.2 Å². The third-order valence-corrected chi connectivity index (χ3v) is 3.84. The molecule has 4 heteroatoms. The van der Waals surface area contributed by atoms with Crippen molar-refractivity contribution >= 4 is 11.8 Å². The zero-order valence-corrected chi connectivity index (χ0v) is 13.9. The number of rotatable bonds is 8. The molecule has 1 aromatic rings. The number of aryl methyl sites for hydroxylation is 1. The normalized spacial score (nSPS) is 11.8. The van der Waals surface area contributed by atoms with Crippen LogP contribution in [0.5, 0.6) is 0 Å². The molecule has 1 aromatic carbocycles. The van der Waals surface area contributed by atoms with E-state index in [-0.39, 0.29) is 0 Å². The van der Waals surface area contributed by atoms with Crippen LogP contribution in [0.15, 0.2) is 24.3 Å². The van der Waals surface area contributed by atoms with Gasteiger partial charge in [0.2, 0.25) is 0 Å². The number of benzene rings is 1. The first-order valence-electron chi connectivity index (χ1n) is 8.18. The van der Waals surface area contributed by atoms with Gasteiger partial charge in [-0.05, 0) is 24.8 Å². The highest BCUT2D eigenvalue weighted by Gasteiger charge is 2.14. The number of hydrogen-bond acceptors (Lipinski definition) is 2. The van der Waals surface area contributed by atoms with Crippen molar-refractivity contribution in [3.63, 3.8) is 0 Å². The van der Waals surface area contributed by atoms with E-state index in [1.54, 1.807) is 0 Å². The van der Waals surface area contributed by atoms with Gasteiger partial charge in [0, 0.05) is 13.1 Å². The van der Waals surface area contributed by atoms with Crippen molar-refractivity contribution in [2.24, 2.45) is 5.92 Å². The molecule has 2 amide bonds. The van der Waals surface area contributed by atoms with E-state index >= 15 is 0 Å². The van der Waals surface area contributed by atoms with Crippen molar-refractivity contribution in [1.29, 1.82) is 0 Å². The highest BCUT2D eigenvalue weighted by atomic mass is 16.2. The molecule has 0 saturated heterocycles. The summed E-state index contributed by atoms with van der Waals surface area (Å²) in [6.45, 7) is 7.22. The van der Waals surface area contributed by atoms with Crippen molar-refractivity contribution in [3.8, 4) is 0 Å². The number of unbranched alkanes of at least 4 members (excludes halogenated alkanes) is 1. The monoisotopic (exact) mass is 304 g/mol. The molecule has 0 spiro atoms. The van der Waals surface area contributed by atoms with Crippen LogP contribution in [0.3, 0.4) is 0 Å². The molecule has 0 fully saturated rings. The molecule has 4 nitrogen and oxygen atoms in total. The SMILES string of the molecule is CCCC[C@@H](CC)CNC(=O)C(=O)NCc1cccc(C)c1. The van der Waals surface area contributed by atoms with E-state index in [4.69, 9.17) is 0 Å². The quantitative estimate of drug-likeness (QED) is 0.725. The minimum atomic E-state index is -0.563. The van der Waals surface area contributed by atoms with Gasteiger partial charge in [-0.2, -0.15) is 0 Å². The first-order chi connectivity index (χ1) is 10.6. The molecule has 0 aromatic heterocycles. The van der Waals surface area contributed by atoms with Crippen LogP contribution < -0.4 is 10.6 Å². The Labute approximate surface area is 133 Å². The van der Waals surface area contributed by atoms with E-state index in [9.17, 15) is 9.59 Å². The number of nitrogens with one attached hydrogen (secondary N) is 2. The van der Waals surface area contributed by atoms with Crippen LogP contribution >= 0.6 is 0 Å². The van der Waals surface area contributed by atoms with E-state index in [2.05, 4.69) is 24.5 Å². The lowest BCUT2D eigenvalue weighted by Crippen LogP contribution is -2.41. The molecule has 0 radical (unpaired) electrons. The zero-order valence-electron chi connectivity index (χ0n) is 13.9. The van der Waals surface area contributed by atoms with Crippen LogP contribution in [0.2, 0.25) is 0 Å². The van der Waals surface area contributed by atoms with Gasteiger partial charge in [-0.1, -0.05) is 62.9 Å². The summed E-state index contributed by atoms with van der Waals surface area (Å²) in [5, 5.41) is 5.40. The Morgan fingerprint density at radius 3 is 2.50 bits per heavy atom. The number of amides is 2. The molecule has 0 aliphatic carbocycles. The van der Waals surface area contributed by atoms with Crippen LogP contribution in [0.25, 0.3) is 0 Å². The van der Waals surface area contributed by atoms with Gasteiger partial charge in [-0.3, -0.25) is 9.59 Å². The minimum Gasteiger partial charge on any atom is -0.348 e. The van der Waals surface area contributed by atoms with Gasteiger partial charge in [0.25, 0.3) is 0 Å². The molecule has 0 aliphatic rings. The molecule has 1 rings (SSSR count). The molecule has 0 unspecified atom stereocenters. The predicted molar refractivity (Wildman–Crippen MR) is 89.3 cm³/mol. The Kier molecular flexibility index (Phi) is 8.26. The van der Waals surface area contributed by atoms with Gasteiger partial charge < -0.3 is 10.6 Å². The third-order valence-electron chi connectivity index (χ3n) is 3.84. The molecule has 0 bridgehead atoms. The summed E-state index contributed by atoms with van der Waals surface area (Å²) in [7, 11) is 0. The zero-order chi connectivity index (χ0) is 16.4. The second-order valence-electron chi connectivity index (χ2n) is 5.80. The van der Waals surface area contributed by atoms with Crippen molar-refractivity contribution < 1.29 is 9.59 Å². The number of hydrogen-bond donors (Lipinski definition) is 2. The molecular formula is C18H28N2O2. The summed E-state index contributed by atoms with van der Waals surface area (Å²) in [6, 6.07) is 7.87. The Hall–Kier alpha value is -1.84. The number of carbonyl (C=O) groups is 2. The van der Waals surface area contributed by atoms with E-state index in [0.717, 1.165) is 36.8 Å². The van der Waals surface area contributed by atoms with E-state index < -0.39 is 11.8 Å². The molecule has 122 valence electrons. The highest BCUT2D eigenvalue weighted by molar-refractivity contribution is 6.35. The maximum atomic E-state index is 11.8. The summed E-state index contributed by atoms with van der Waals surface area (Å²) in [5.41, 5.74) is 2.13. The molecule has 22 heavy (non-hydrogen) atoms. The predicted octanol–water partition coefficient (Wildman–Crippen LogP) is 2.94. The molecule has 0 aliphatic heterocycles. The number of carbonyl (C=O) groups excluding carboxylic acids is 2. The summed E-state index contributed by atoms with van der Waals surface area (Å²) in [4.78, 5) is 23.6. The summed E-state index contributed by atoms with van der Waals surface area (Å²) < 4.78 is 0. The first kappa shape index (κ1) is 18.2. The highest BCUT2D eigenvalue weighted by Crippen LogP contribution is 2.11. The van der Waals surface area contributed by atoms with Crippen molar-refractivity contribution in [2.45, 2.75) is 53.0 Å². The molecule has 0 saturated carbocycles. The van der Waals surface area contributed by atoms with Gasteiger partial charge in [0.15, 0.2) is 0 Å². The van der Waals surface area contributed by atoms with Crippen LogP contribution in [-0.4, -0.2) is 18.4 Å². The van der Waals surface area contributed by atoms with Crippen molar-refractivity contribution in [2.75, 3.05) is 6.54 Å². The van der Waals surface area contributed by atoms with Crippen molar-refractivity contribution in [3.05, 3.63) is 35.4 Å². The smallest absolute Gasteiger partial charge is 0.309 e. The molecule has 1 atom stereocenters. The largest absolute Gasteiger partial charge is 0.348 e. The summed E-state index contributed by atoms with van der Waals surface area (Å²) >= 11 is 0. The van der Waals surface area contributed by atoms with E-state index in [1.165, 1.54) is 0 Å². The Morgan fingerprint density at radius 2 is 1.86 bits per heavy atom. The van der Waals surface area contributed by atoms with Crippen molar-refractivity contribution in [1.82, 2.24) is 10.6 Å². The Balaban J connectivity index is 2.34. The summed E-state index contributed by atoms with van der Waals surface area (Å²) in [6.07, 6.45) is 4.43. The van der Waals surface area contributed by atoms with Gasteiger partial charge >= 0.3 is 11.8 Å². The van der Waals surface area contributed by atoms with Gasteiger partial charge in [0.1, 0.15) is 0 Å². The second-order valence-corrected chi connectivity index (χ2v) is 5.80. The van der Waals surface area contributed by atoms with Crippen LogP contribution in [0.4, 0.5) is 0 Å². The lowest BCUT2D eigenvalue weighted by Gasteiger charge is -2.15. The molecule has 0 heterocycles. The average molecular weight is 304 g/mol. The Morgan fingerprint density at radius 1 is 1.14 bits per heavy atom. The standard InChI is InChI=1S/C18H28N2O2/c1-4-6-9-15(5-2)12-19-17(21)18(22)20-13-16-10-7-8-14(3)11-16/h7-8,10-11,15H,4-6,9,12-13H2,1-3H3,(H,19,21)(H,20,22)/t15-/m1/s1. The maximum absolute atomic E-state index is 11.8. The molecule has 2 N–H and O–H groups in total. The minimum absolute atomic E-state index is 0.376. The van der Waals surface area contributed by atoms with Gasteiger partial charge in [0.05, 0.1) is 0 Å². The van der Waals surface area contributed by atoms with E-state index in [1.807, 2.05) is 31.2 Å². The maximum Gasteiger partial charge on any atom is 0.309 e. The fourth-order valence-electron chi connectivity index (χ4n) is 2.35. The Bertz CT molecular complexity index is 486. The second kappa shape index (κ2) is 9.98. The van der Waals surface area contributed by atoms with Crippen LogP contribution in [0, 0.1) is 12.8 Å². The average Bonchev–Trinajstić information content (AvgIpc) is 2.52. The fraction of sp³-hybridized carbons (Fsp3) is 0.556. The lowest BCUT2D eigenvalue weighted by molar-refractivity contribution is -0.139. The van der Waals surface area contributed by atoms with Crippen LogP contribution in [-0.2, 0) is 16.1 Å². The lowest BCUT2D eigenvalue weighted by atomic mass is 9.99. The molecular weight excluding hydrogens is 276 g/mol. The summed E-state index contributed by atoms with van der Waals surface area (Å²) in [5.74, 6) is -0.650. The van der Waals surface area contributed by atoms with Crippen LogP contribution in [0.1, 0.15) is 50.7 Å². The van der Waals surface area contributed by atoms with Gasteiger partial charge in [-0.25, -0.2) is 0 Å².